The summed E-state index contributed by atoms with van der Waals surface area (Å²) in [5.74, 6) is -0.625. The lowest BCUT2D eigenvalue weighted by Gasteiger charge is -1.95. The summed E-state index contributed by atoms with van der Waals surface area (Å²) in [6.45, 7) is 0. The van der Waals surface area contributed by atoms with E-state index in [1.54, 1.807) is 0 Å². The molecule has 13 heavy (non-hydrogen) atoms. The molecule has 0 aliphatic rings. The van der Waals surface area contributed by atoms with Crippen LogP contribution < -0.4 is 16.8 Å². The van der Waals surface area contributed by atoms with E-state index in [1.165, 1.54) is 0 Å². The SMILES string of the molecule is N=C(N)NC(=N)N.c1ccccc1. The van der Waals surface area contributed by atoms with Crippen molar-refractivity contribution in [2.45, 2.75) is 0 Å². The van der Waals surface area contributed by atoms with Crippen LogP contribution in [0.1, 0.15) is 0 Å². The van der Waals surface area contributed by atoms with E-state index >= 15 is 0 Å². The predicted molar refractivity (Wildman–Crippen MR) is 53.4 cm³/mol. The second kappa shape index (κ2) is 6.66. The molecule has 0 bridgehead atoms. The van der Waals surface area contributed by atoms with Gasteiger partial charge in [0.05, 0.1) is 0 Å². The highest BCUT2D eigenvalue weighted by atomic mass is 15.1. The van der Waals surface area contributed by atoms with Gasteiger partial charge >= 0.3 is 0 Å². The first kappa shape index (κ1) is 11.0. The minimum absolute atomic E-state index is 0.312. The van der Waals surface area contributed by atoms with Crippen molar-refractivity contribution >= 4 is 11.9 Å². The Labute approximate surface area is 76.8 Å². The minimum atomic E-state index is -0.312. The molecule has 7 N–H and O–H groups in total. The van der Waals surface area contributed by atoms with Crippen molar-refractivity contribution in [3.05, 3.63) is 36.4 Å². The molecule has 0 saturated heterocycles. The van der Waals surface area contributed by atoms with E-state index in [-0.39, 0.29) is 11.9 Å². The van der Waals surface area contributed by atoms with E-state index in [4.69, 9.17) is 22.3 Å². The van der Waals surface area contributed by atoms with Gasteiger partial charge in [0.2, 0.25) is 0 Å². The summed E-state index contributed by atoms with van der Waals surface area (Å²) < 4.78 is 0. The van der Waals surface area contributed by atoms with Gasteiger partial charge in [-0.1, -0.05) is 36.4 Å². The molecular weight excluding hydrogens is 166 g/mol. The lowest BCUT2D eigenvalue weighted by atomic mass is 10.4. The van der Waals surface area contributed by atoms with E-state index in [1.807, 2.05) is 41.7 Å². The van der Waals surface area contributed by atoms with Crippen LogP contribution in [0.15, 0.2) is 36.4 Å². The Hall–Kier alpha value is -2.04. The summed E-state index contributed by atoms with van der Waals surface area (Å²) in [7, 11) is 0. The number of nitrogens with two attached hydrogens (primary N) is 2. The Kier molecular flexibility index (Phi) is 5.61. The Morgan fingerprint density at radius 3 is 1.08 bits per heavy atom. The summed E-state index contributed by atoms with van der Waals surface area (Å²) >= 11 is 0. The molecular formula is C8H13N5. The zero-order valence-electron chi connectivity index (χ0n) is 7.12. The molecule has 0 saturated carbocycles. The third kappa shape index (κ3) is 9.96. The quantitative estimate of drug-likeness (QED) is 0.286. The zero-order chi connectivity index (χ0) is 10.1. The third-order valence-electron chi connectivity index (χ3n) is 0.936. The van der Waals surface area contributed by atoms with Gasteiger partial charge in [-0.05, 0) is 0 Å². The first-order valence-electron chi connectivity index (χ1n) is 3.58. The van der Waals surface area contributed by atoms with Crippen molar-refractivity contribution in [2.75, 3.05) is 0 Å². The molecule has 0 aromatic heterocycles. The van der Waals surface area contributed by atoms with Crippen LogP contribution in [0.4, 0.5) is 0 Å². The monoisotopic (exact) mass is 179 g/mol. The van der Waals surface area contributed by atoms with Crippen LogP contribution in [0.3, 0.4) is 0 Å². The minimum Gasteiger partial charge on any atom is -0.370 e. The number of benzene rings is 1. The van der Waals surface area contributed by atoms with Crippen LogP contribution in [0.5, 0.6) is 0 Å². The van der Waals surface area contributed by atoms with Crippen molar-refractivity contribution in [1.82, 2.24) is 5.32 Å². The Balaban J connectivity index is 0.000000223. The number of guanidine groups is 2. The molecule has 0 fully saturated rings. The Morgan fingerprint density at radius 2 is 1.00 bits per heavy atom. The van der Waals surface area contributed by atoms with Gasteiger partial charge in [-0.3, -0.25) is 16.1 Å². The largest absolute Gasteiger partial charge is 0.370 e. The highest BCUT2D eigenvalue weighted by Crippen LogP contribution is 1.79. The van der Waals surface area contributed by atoms with E-state index in [9.17, 15) is 0 Å². The average Bonchev–Trinajstić information content (AvgIpc) is 2.06. The number of rotatable bonds is 0. The molecule has 0 aliphatic heterocycles. The van der Waals surface area contributed by atoms with E-state index in [0.29, 0.717) is 0 Å². The van der Waals surface area contributed by atoms with Crippen molar-refractivity contribution in [1.29, 1.82) is 10.8 Å². The van der Waals surface area contributed by atoms with Crippen molar-refractivity contribution in [3.8, 4) is 0 Å². The number of nitrogens with one attached hydrogen (secondary N) is 3. The fourth-order valence-electron chi connectivity index (χ4n) is 0.530. The molecule has 0 aliphatic carbocycles. The highest BCUT2D eigenvalue weighted by Gasteiger charge is 1.83. The molecule has 0 amide bonds. The maximum atomic E-state index is 6.47. The first-order chi connectivity index (χ1) is 6.13. The normalized spacial score (nSPS) is 7.69. The molecule has 70 valence electrons. The molecule has 1 aromatic carbocycles. The first-order valence-corrected chi connectivity index (χ1v) is 3.58. The maximum absolute atomic E-state index is 6.47. The predicted octanol–water partition coefficient (Wildman–Crippen LogP) is 0.0495. The van der Waals surface area contributed by atoms with E-state index in [0.717, 1.165) is 0 Å². The van der Waals surface area contributed by atoms with Crippen LogP contribution in [0.25, 0.3) is 0 Å². The second-order valence-electron chi connectivity index (χ2n) is 2.11. The third-order valence-corrected chi connectivity index (χ3v) is 0.936. The van der Waals surface area contributed by atoms with Crippen molar-refractivity contribution in [2.24, 2.45) is 11.5 Å². The van der Waals surface area contributed by atoms with E-state index in [2.05, 4.69) is 0 Å². The van der Waals surface area contributed by atoms with Gasteiger partial charge in [-0.2, -0.15) is 0 Å². The number of hydrogen-bond acceptors (Lipinski definition) is 2. The molecule has 0 unspecified atom stereocenters. The zero-order valence-corrected chi connectivity index (χ0v) is 7.12. The molecule has 0 heterocycles. The fraction of sp³-hybridized carbons (Fsp3) is 0. The van der Waals surface area contributed by atoms with Gasteiger partial charge in [-0.15, -0.1) is 0 Å². The van der Waals surface area contributed by atoms with Gasteiger partial charge in [-0.25, -0.2) is 0 Å². The maximum Gasteiger partial charge on any atom is 0.192 e. The van der Waals surface area contributed by atoms with Gasteiger partial charge < -0.3 is 11.5 Å². The average molecular weight is 179 g/mol. The molecule has 0 atom stereocenters. The molecule has 1 aromatic rings. The Bertz CT molecular complexity index is 218. The van der Waals surface area contributed by atoms with Crippen LogP contribution in [-0.4, -0.2) is 11.9 Å². The standard InChI is InChI=1S/C6H6.C2H7N5/c1-2-4-6-5-3-1;3-1(4)7-2(5)6/h1-6H;(H7,3,4,5,6,7). The second-order valence-corrected chi connectivity index (χ2v) is 2.11. The van der Waals surface area contributed by atoms with Crippen LogP contribution in [0, 0.1) is 10.8 Å². The van der Waals surface area contributed by atoms with Gasteiger partial charge in [0, 0.05) is 0 Å². The summed E-state index contributed by atoms with van der Waals surface area (Å²) in [5, 5.41) is 15.0. The van der Waals surface area contributed by atoms with Crippen molar-refractivity contribution < 1.29 is 0 Å². The number of hydrogen-bond donors (Lipinski definition) is 5. The topological polar surface area (TPSA) is 112 Å². The molecule has 0 radical (unpaired) electrons. The lowest BCUT2D eigenvalue weighted by molar-refractivity contribution is 1.19. The van der Waals surface area contributed by atoms with Crippen LogP contribution in [-0.2, 0) is 0 Å². The van der Waals surface area contributed by atoms with Gasteiger partial charge in [0.15, 0.2) is 11.9 Å². The van der Waals surface area contributed by atoms with Crippen LogP contribution >= 0.6 is 0 Å². The summed E-state index contributed by atoms with van der Waals surface area (Å²) in [5.41, 5.74) is 9.49. The lowest BCUT2D eigenvalue weighted by Crippen LogP contribution is -2.39. The summed E-state index contributed by atoms with van der Waals surface area (Å²) in [6, 6.07) is 12.0. The van der Waals surface area contributed by atoms with Gasteiger partial charge in [0.25, 0.3) is 0 Å². The summed E-state index contributed by atoms with van der Waals surface area (Å²) in [6.07, 6.45) is 0. The smallest absolute Gasteiger partial charge is 0.192 e. The van der Waals surface area contributed by atoms with Gasteiger partial charge in [0.1, 0.15) is 0 Å². The highest BCUT2D eigenvalue weighted by molar-refractivity contribution is 5.93. The summed E-state index contributed by atoms with van der Waals surface area (Å²) in [4.78, 5) is 0. The Morgan fingerprint density at radius 1 is 0.769 bits per heavy atom. The fourth-order valence-corrected chi connectivity index (χ4v) is 0.530. The van der Waals surface area contributed by atoms with Crippen molar-refractivity contribution in [3.63, 3.8) is 0 Å². The molecule has 5 nitrogen and oxygen atoms in total. The van der Waals surface area contributed by atoms with E-state index < -0.39 is 0 Å². The molecule has 0 spiro atoms. The molecule has 1 rings (SSSR count). The van der Waals surface area contributed by atoms with Crippen LogP contribution in [0.2, 0.25) is 0 Å². The molecule has 5 heteroatoms.